The van der Waals surface area contributed by atoms with Gasteiger partial charge in [0.1, 0.15) is 5.71 Å². The molecular weight excluding hydrogens is 392 g/mol. The Morgan fingerprint density at radius 3 is 2.48 bits per heavy atom. The number of nitrogens with zero attached hydrogens (tertiary/aromatic N) is 2. The number of nitrogens with one attached hydrogen (secondary N) is 2. The highest BCUT2D eigenvalue weighted by molar-refractivity contribution is 6.44. The van der Waals surface area contributed by atoms with Gasteiger partial charge in [-0.1, -0.05) is 29.8 Å². The van der Waals surface area contributed by atoms with Crippen molar-refractivity contribution in [1.29, 1.82) is 0 Å². The van der Waals surface area contributed by atoms with Crippen LogP contribution in [0, 0.1) is 0 Å². The molecule has 2 aromatic carbocycles. The molecule has 0 saturated carbocycles. The number of amides is 3. The Bertz CT molecular complexity index is 973. The summed E-state index contributed by atoms with van der Waals surface area (Å²) < 4.78 is 0. The molecule has 0 fully saturated rings. The molecule has 150 valence electrons. The lowest BCUT2D eigenvalue weighted by atomic mass is 10.1. The number of anilines is 2. The van der Waals surface area contributed by atoms with Crippen LogP contribution < -0.4 is 15.6 Å². The predicted molar refractivity (Wildman–Crippen MR) is 113 cm³/mol. The number of para-hydroxylation sites is 1. The third kappa shape index (κ3) is 5.00. The number of benzene rings is 2. The summed E-state index contributed by atoms with van der Waals surface area (Å²) in [5, 5.41) is 11.3. The van der Waals surface area contributed by atoms with Crippen molar-refractivity contribution in [2.45, 2.75) is 32.7 Å². The normalized spacial score (nSPS) is 13.9. The summed E-state index contributed by atoms with van der Waals surface area (Å²) >= 11 is 6.05. The molecular formula is C21H21ClN4O3. The molecule has 1 aliphatic heterocycles. The minimum absolute atomic E-state index is 0.0603. The van der Waals surface area contributed by atoms with Crippen molar-refractivity contribution in [2.24, 2.45) is 5.10 Å². The summed E-state index contributed by atoms with van der Waals surface area (Å²) in [5.74, 6) is -0.995. The average molecular weight is 413 g/mol. The number of rotatable bonds is 5. The van der Waals surface area contributed by atoms with Crippen molar-refractivity contribution in [1.82, 2.24) is 5.32 Å². The van der Waals surface area contributed by atoms with Crippen molar-refractivity contribution in [3.63, 3.8) is 0 Å². The SMILES string of the molecule is CC(C)NC(=O)c1ccc(Cl)cc1NC(=O)C1=NN(c2ccccc2)C(=O)CC1. The molecule has 0 saturated heterocycles. The maximum absolute atomic E-state index is 12.8. The first-order valence-electron chi connectivity index (χ1n) is 9.22. The van der Waals surface area contributed by atoms with Gasteiger partial charge in [-0.3, -0.25) is 14.4 Å². The van der Waals surface area contributed by atoms with Crippen LogP contribution in [0.4, 0.5) is 11.4 Å². The van der Waals surface area contributed by atoms with E-state index in [-0.39, 0.29) is 42.1 Å². The van der Waals surface area contributed by atoms with Gasteiger partial charge < -0.3 is 10.6 Å². The van der Waals surface area contributed by atoms with Crippen LogP contribution in [0.5, 0.6) is 0 Å². The zero-order valence-electron chi connectivity index (χ0n) is 16.1. The van der Waals surface area contributed by atoms with Gasteiger partial charge in [0.15, 0.2) is 0 Å². The Labute approximate surface area is 173 Å². The summed E-state index contributed by atoms with van der Waals surface area (Å²) in [7, 11) is 0. The van der Waals surface area contributed by atoms with Crippen molar-refractivity contribution in [3.05, 3.63) is 59.1 Å². The molecule has 2 N–H and O–H groups in total. The van der Waals surface area contributed by atoms with E-state index in [9.17, 15) is 14.4 Å². The molecule has 0 bridgehead atoms. The van der Waals surface area contributed by atoms with Crippen molar-refractivity contribution < 1.29 is 14.4 Å². The Hall–Kier alpha value is -3.19. The molecule has 0 unspecified atom stereocenters. The zero-order valence-corrected chi connectivity index (χ0v) is 16.9. The van der Waals surface area contributed by atoms with Crippen LogP contribution in [0.1, 0.15) is 37.0 Å². The third-order valence-corrected chi connectivity index (χ3v) is 4.42. The Kier molecular flexibility index (Phi) is 6.29. The van der Waals surface area contributed by atoms with Crippen LogP contribution in [-0.4, -0.2) is 29.5 Å². The van der Waals surface area contributed by atoms with Crippen LogP contribution in [0.3, 0.4) is 0 Å². The van der Waals surface area contributed by atoms with Crippen LogP contribution in [-0.2, 0) is 9.59 Å². The molecule has 1 heterocycles. The summed E-state index contributed by atoms with van der Waals surface area (Å²) in [5.41, 5.74) is 1.36. The van der Waals surface area contributed by atoms with Crippen molar-refractivity contribution >= 4 is 46.4 Å². The Morgan fingerprint density at radius 2 is 1.79 bits per heavy atom. The first kappa shape index (κ1) is 20.5. The zero-order chi connectivity index (χ0) is 21.0. The minimum atomic E-state index is -0.487. The van der Waals surface area contributed by atoms with Gasteiger partial charge >= 0.3 is 0 Å². The van der Waals surface area contributed by atoms with Gasteiger partial charge in [0.05, 0.1) is 16.9 Å². The number of hydrazone groups is 1. The maximum atomic E-state index is 12.8. The third-order valence-electron chi connectivity index (χ3n) is 4.19. The standard InChI is InChI=1S/C21H21ClN4O3/c1-13(2)23-20(28)16-9-8-14(22)12-18(16)24-21(29)17-10-11-19(27)26(25-17)15-6-4-3-5-7-15/h3-9,12-13H,10-11H2,1-2H3,(H,23,28)(H,24,29). The highest BCUT2D eigenvalue weighted by Gasteiger charge is 2.26. The first-order valence-corrected chi connectivity index (χ1v) is 9.60. The fourth-order valence-electron chi connectivity index (χ4n) is 2.84. The lowest BCUT2D eigenvalue weighted by Crippen LogP contribution is -2.37. The molecule has 7 nitrogen and oxygen atoms in total. The molecule has 3 rings (SSSR count). The van der Waals surface area contributed by atoms with Gasteiger partial charge in [-0.25, -0.2) is 5.01 Å². The van der Waals surface area contributed by atoms with E-state index in [1.54, 1.807) is 36.4 Å². The van der Waals surface area contributed by atoms with E-state index in [1.165, 1.54) is 11.1 Å². The van der Waals surface area contributed by atoms with Crippen LogP contribution >= 0.6 is 11.6 Å². The average Bonchev–Trinajstić information content (AvgIpc) is 2.68. The molecule has 0 spiro atoms. The van der Waals surface area contributed by atoms with E-state index in [4.69, 9.17) is 11.6 Å². The lowest BCUT2D eigenvalue weighted by Gasteiger charge is -2.23. The van der Waals surface area contributed by atoms with E-state index in [0.29, 0.717) is 16.3 Å². The molecule has 0 radical (unpaired) electrons. The van der Waals surface area contributed by atoms with Gasteiger partial charge in [-0.15, -0.1) is 0 Å². The first-order chi connectivity index (χ1) is 13.8. The van der Waals surface area contributed by atoms with E-state index in [0.717, 1.165) is 0 Å². The van der Waals surface area contributed by atoms with E-state index >= 15 is 0 Å². The van der Waals surface area contributed by atoms with Gasteiger partial charge in [-0.2, -0.15) is 5.10 Å². The van der Waals surface area contributed by atoms with Gasteiger partial charge in [0, 0.05) is 23.9 Å². The van der Waals surface area contributed by atoms with Crippen LogP contribution in [0.15, 0.2) is 53.6 Å². The quantitative estimate of drug-likeness (QED) is 0.786. The second-order valence-corrected chi connectivity index (χ2v) is 7.30. The van der Waals surface area contributed by atoms with Crippen molar-refractivity contribution in [2.75, 3.05) is 10.3 Å². The highest BCUT2D eigenvalue weighted by atomic mass is 35.5. The summed E-state index contributed by atoms with van der Waals surface area (Å²) in [4.78, 5) is 37.5. The molecule has 1 aliphatic rings. The second-order valence-electron chi connectivity index (χ2n) is 6.86. The van der Waals surface area contributed by atoms with E-state index < -0.39 is 5.91 Å². The van der Waals surface area contributed by atoms with E-state index in [1.807, 2.05) is 19.9 Å². The van der Waals surface area contributed by atoms with Crippen LogP contribution in [0.2, 0.25) is 5.02 Å². The van der Waals surface area contributed by atoms with Gasteiger partial charge in [0.2, 0.25) is 5.91 Å². The molecule has 2 aromatic rings. The maximum Gasteiger partial charge on any atom is 0.271 e. The van der Waals surface area contributed by atoms with E-state index in [2.05, 4.69) is 15.7 Å². The molecule has 8 heteroatoms. The highest BCUT2D eigenvalue weighted by Crippen LogP contribution is 2.23. The second kappa shape index (κ2) is 8.87. The summed E-state index contributed by atoms with van der Waals surface area (Å²) in [6, 6.07) is 13.5. The molecule has 0 atom stereocenters. The largest absolute Gasteiger partial charge is 0.350 e. The monoisotopic (exact) mass is 412 g/mol. The molecule has 3 amide bonds. The Balaban J connectivity index is 1.85. The summed E-state index contributed by atoms with van der Waals surface area (Å²) in [6.45, 7) is 3.69. The molecule has 0 aliphatic carbocycles. The predicted octanol–water partition coefficient (Wildman–Crippen LogP) is 3.60. The number of halogens is 1. The number of carbonyl (C=O) groups excluding carboxylic acids is 3. The number of carbonyl (C=O) groups is 3. The van der Waals surface area contributed by atoms with Crippen molar-refractivity contribution in [3.8, 4) is 0 Å². The fraction of sp³-hybridized carbons (Fsp3) is 0.238. The van der Waals surface area contributed by atoms with Gasteiger partial charge in [0.25, 0.3) is 11.8 Å². The number of hydrogen-bond donors (Lipinski definition) is 2. The molecule has 29 heavy (non-hydrogen) atoms. The topological polar surface area (TPSA) is 90.9 Å². The Morgan fingerprint density at radius 1 is 1.07 bits per heavy atom. The summed E-state index contributed by atoms with van der Waals surface area (Å²) in [6.07, 6.45) is 0.374. The smallest absolute Gasteiger partial charge is 0.271 e. The lowest BCUT2D eigenvalue weighted by molar-refractivity contribution is -0.118. The fourth-order valence-corrected chi connectivity index (χ4v) is 3.01. The molecule has 0 aromatic heterocycles. The minimum Gasteiger partial charge on any atom is -0.350 e. The van der Waals surface area contributed by atoms with Crippen LogP contribution in [0.25, 0.3) is 0 Å². The van der Waals surface area contributed by atoms with Gasteiger partial charge in [-0.05, 0) is 44.2 Å². The number of hydrogen-bond acceptors (Lipinski definition) is 4.